The van der Waals surface area contributed by atoms with Gasteiger partial charge in [0, 0.05) is 25.7 Å². The van der Waals surface area contributed by atoms with Gasteiger partial charge in [-0.1, -0.05) is 274 Å². The van der Waals surface area contributed by atoms with Crippen LogP contribution in [0.25, 0.3) is 0 Å². The van der Waals surface area contributed by atoms with Crippen LogP contribution in [0.1, 0.15) is 297 Å². The maximum Gasteiger partial charge on any atom is 0.472 e. The molecule has 3 N–H and O–H groups in total. The standard InChI is InChI=1S/C89H144O17P2/c1-5-9-13-17-21-25-29-33-37-39-41-43-47-49-53-57-61-65-69-73-86(91)99-79-84(105-88(93)75-71-67-63-59-55-51-45-35-31-27-23-19-15-11-7-3)81-103-107(95,96)101-77-83(90)78-102-108(97,98)104-82-85(106-89(94)76-72-68-64-60-56-52-46-36-32-28-24-20-16-12-8-4)80-100-87(92)74-70-66-62-58-54-50-48-44-42-40-38-34-30-26-22-18-14-10-6-2/h9-11,13-15,21-28,33-38,41-46,49,53,55,59,83-85,90H,5-8,12,16-20,29-32,39-40,47-48,50-52,54,56-58,60-82H2,1-4H3,(H,95,96)(H,97,98)/b13-9-,14-10-,15-11-,25-21-,26-22-,27-23-,28-24-,37-33-,38-34-,43-41-,44-42-,45-35-,46-36-,53-49-,59-55-. The molecular formula is C89H144O17P2. The van der Waals surface area contributed by atoms with Gasteiger partial charge in [-0.25, -0.2) is 9.13 Å². The summed E-state index contributed by atoms with van der Waals surface area (Å²) in [4.78, 5) is 73.1. The van der Waals surface area contributed by atoms with Crippen LogP contribution < -0.4 is 0 Å². The van der Waals surface area contributed by atoms with Crippen molar-refractivity contribution >= 4 is 39.5 Å². The molecule has 612 valence electrons. The number of rotatable bonds is 75. The summed E-state index contributed by atoms with van der Waals surface area (Å²) in [6.45, 7) is 4.38. The largest absolute Gasteiger partial charge is 0.472 e. The third kappa shape index (κ3) is 78.3. The van der Waals surface area contributed by atoms with Gasteiger partial charge >= 0.3 is 39.5 Å². The molecule has 0 aromatic carbocycles. The van der Waals surface area contributed by atoms with Crippen LogP contribution in [0.3, 0.4) is 0 Å². The lowest BCUT2D eigenvalue weighted by Gasteiger charge is -2.21. The van der Waals surface area contributed by atoms with E-state index in [1.54, 1.807) is 0 Å². The molecule has 0 radical (unpaired) electrons. The maximum atomic E-state index is 13.1. The highest BCUT2D eigenvalue weighted by Crippen LogP contribution is 2.45. The number of carbonyl (C=O) groups is 4. The molecule has 0 fully saturated rings. The lowest BCUT2D eigenvalue weighted by atomic mass is 10.1. The maximum absolute atomic E-state index is 13.1. The zero-order chi connectivity index (χ0) is 78.9. The van der Waals surface area contributed by atoms with Crippen molar-refractivity contribution in [3.05, 3.63) is 182 Å². The van der Waals surface area contributed by atoms with Crippen LogP contribution in [0.2, 0.25) is 0 Å². The van der Waals surface area contributed by atoms with Gasteiger partial charge in [-0.05, 0) is 180 Å². The predicted molar refractivity (Wildman–Crippen MR) is 445 cm³/mol. The fourth-order valence-electron chi connectivity index (χ4n) is 10.2. The van der Waals surface area contributed by atoms with Crippen molar-refractivity contribution < 1.29 is 80.2 Å². The van der Waals surface area contributed by atoms with E-state index in [2.05, 4.69) is 210 Å². The van der Waals surface area contributed by atoms with Gasteiger partial charge in [-0.15, -0.1) is 0 Å². The number of ether oxygens (including phenoxy) is 4. The highest BCUT2D eigenvalue weighted by atomic mass is 31.2. The van der Waals surface area contributed by atoms with Crippen LogP contribution in [-0.4, -0.2) is 96.7 Å². The molecule has 5 unspecified atom stereocenters. The van der Waals surface area contributed by atoms with E-state index in [4.69, 9.17) is 37.0 Å². The van der Waals surface area contributed by atoms with Gasteiger partial charge in [0.2, 0.25) is 0 Å². The molecule has 0 bridgehead atoms. The lowest BCUT2D eigenvalue weighted by Crippen LogP contribution is -2.30. The van der Waals surface area contributed by atoms with Gasteiger partial charge in [0.1, 0.15) is 19.3 Å². The van der Waals surface area contributed by atoms with E-state index in [1.165, 1.54) is 19.3 Å². The van der Waals surface area contributed by atoms with E-state index < -0.39 is 97.5 Å². The number of hydrogen-bond donors (Lipinski definition) is 3. The van der Waals surface area contributed by atoms with Gasteiger partial charge < -0.3 is 33.8 Å². The van der Waals surface area contributed by atoms with Crippen LogP contribution >= 0.6 is 15.6 Å². The SMILES string of the molecule is CC/C=C\C/C=C\C/C=C\C/C=C\C/C=C\CCCCCC(=O)OCC(COP(=O)(O)OCC(O)COP(=O)(O)OCC(COC(=O)CCCCCCCC/C=C\C/C=C\C/C=C\C/C=C\CC)OC(=O)CCCCCCC/C=C\C/C=C\CCCCC)OC(=O)CCCC/C=C\C/C=C\C/C=C\C/C=C\CC. The molecule has 0 aliphatic heterocycles. The number of allylic oxidation sites excluding steroid dienone is 30. The molecule has 5 atom stereocenters. The third-order valence-electron chi connectivity index (χ3n) is 16.3. The molecule has 0 spiro atoms. The summed E-state index contributed by atoms with van der Waals surface area (Å²) in [6, 6.07) is 0. The topological polar surface area (TPSA) is 237 Å². The molecule has 0 aliphatic rings. The van der Waals surface area contributed by atoms with Crippen molar-refractivity contribution in [2.75, 3.05) is 39.6 Å². The Hall–Kier alpha value is -5.84. The number of aliphatic hydroxyl groups excluding tert-OH is 1. The molecule has 0 saturated heterocycles. The number of carbonyl (C=O) groups excluding carboxylic acids is 4. The van der Waals surface area contributed by atoms with Crippen molar-refractivity contribution in [1.29, 1.82) is 0 Å². The first-order valence-corrected chi connectivity index (χ1v) is 44.0. The molecule has 0 aliphatic carbocycles. The zero-order valence-electron chi connectivity index (χ0n) is 66.9. The summed E-state index contributed by atoms with van der Waals surface area (Å²) in [6.07, 6.45) is 95.8. The van der Waals surface area contributed by atoms with Crippen molar-refractivity contribution in [2.24, 2.45) is 0 Å². The highest BCUT2D eigenvalue weighted by Gasteiger charge is 2.30. The number of phosphoric ester groups is 2. The van der Waals surface area contributed by atoms with Gasteiger partial charge in [0.25, 0.3) is 0 Å². The Balaban J connectivity index is 5.47. The van der Waals surface area contributed by atoms with E-state index in [0.29, 0.717) is 32.1 Å². The van der Waals surface area contributed by atoms with Crippen molar-refractivity contribution in [1.82, 2.24) is 0 Å². The van der Waals surface area contributed by atoms with E-state index in [0.717, 1.165) is 193 Å². The molecule has 0 amide bonds. The summed E-state index contributed by atoms with van der Waals surface area (Å²) in [5, 5.41) is 10.7. The Kier molecular flexibility index (Phi) is 75.0. The molecule has 19 heteroatoms. The van der Waals surface area contributed by atoms with Crippen LogP contribution in [-0.2, 0) is 65.4 Å². The molecule has 0 saturated carbocycles. The Morgan fingerprint density at radius 1 is 0.269 bits per heavy atom. The van der Waals surface area contributed by atoms with E-state index >= 15 is 0 Å². The van der Waals surface area contributed by atoms with E-state index in [9.17, 15) is 43.2 Å². The van der Waals surface area contributed by atoms with Gasteiger partial charge in [-0.3, -0.25) is 37.3 Å². The Bertz CT molecular complexity index is 2760. The fraction of sp³-hybridized carbons (Fsp3) is 0.618. The Labute approximate surface area is 654 Å². The van der Waals surface area contributed by atoms with Gasteiger partial charge in [0.15, 0.2) is 12.2 Å². The van der Waals surface area contributed by atoms with Crippen molar-refractivity contribution in [2.45, 2.75) is 316 Å². The molecular weight excluding hydrogens is 1400 g/mol. The summed E-state index contributed by atoms with van der Waals surface area (Å²) in [7, 11) is -10.0. The number of phosphoric acid groups is 2. The van der Waals surface area contributed by atoms with Crippen LogP contribution in [0.5, 0.6) is 0 Å². The Morgan fingerprint density at radius 3 is 0.769 bits per heavy atom. The molecule has 0 aromatic rings. The summed E-state index contributed by atoms with van der Waals surface area (Å²) < 4.78 is 68.6. The van der Waals surface area contributed by atoms with Crippen LogP contribution in [0.4, 0.5) is 0 Å². The number of unbranched alkanes of at least 4 members (excludes halogenated alkanes) is 19. The summed E-state index contributed by atoms with van der Waals surface area (Å²) >= 11 is 0. The average molecular weight is 1550 g/mol. The average Bonchev–Trinajstić information content (AvgIpc) is 0.923. The quantitative estimate of drug-likeness (QED) is 0.0169. The molecule has 0 aromatic heterocycles. The minimum atomic E-state index is -5.01. The summed E-state index contributed by atoms with van der Waals surface area (Å²) in [5.41, 5.74) is 0. The normalized spacial score (nSPS) is 14.8. The van der Waals surface area contributed by atoms with E-state index in [-0.39, 0.29) is 25.7 Å². The number of hydrogen-bond acceptors (Lipinski definition) is 15. The van der Waals surface area contributed by atoms with Gasteiger partial charge in [-0.2, -0.15) is 0 Å². The second-order valence-electron chi connectivity index (χ2n) is 26.6. The first-order valence-electron chi connectivity index (χ1n) is 41.0. The number of aliphatic hydroxyl groups is 1. The second kappa shape index (κ2) is 79.3. The minimum absolute atomic E-state index is 0.0277. The monoisotopic (exact) mass is 1550 g/mol. The smallest absolute Gasteiger partial charge is 0.462 e. The molecule has 0 rings (SSSR count). The molecule has 108 heavy (non-hydrogen) atoms. The lowest BCUT2D eigenvalue weighted by molar-refractivity contribution is -0.161. The first kappa shape index (κ1) is 102. The zero-order valence-corrected chi connectivity index (χ0v) is 68.7. The second-order valence-corrected chi connectivity index (χ2v) is 29.5. The first-order chi connectivity index (χ1) is 52.7. The predicted octanol–water partition coefficient (Wildman–Crippen LogP) is 24.3. The molecule has 0 heterocycles. The van der Waals surface area contributed by atoms with Crippen molar-refractivity contribution in [3.63, 3.8) is 0 Å². The van der Waals surface area contributed by atoms with Gasteiger partial charge in [0.05, 0.1) is 26.4 Å². The number of esters is 4. The Morgan fingerprint density at radius 2 is 0.481 bits per heavy atom. The summed E-state index contributed by atoms with van der Waals surface area (Å²) in [5.74, 6) is -2.30. The third-order valence-corrected chi connectivity index (χ3v) is 18.2. The van der Waals surface area contributed by atoms with Crippen LogP contribution in [0.15, 0.2) is 182 Å². The highest BCUT2D eigenvalue weighted by molar-refractivity contribution is 7.47. The minimum Gasteiger partial charge on any atom is -0.462 e. The molecule has 17 nitrogen and oxygen atoms in total. The van der Waals surface area contributed by atoms with E-state index in [1.807, 2.05) is 0 Å². The fourth-order valence-corrected chi connectivity index (χ4v) is 11.8. The van der Waals surface area contributed by atoms with Crippen LogP contribution in [0, 0.1) is 0 Å². The van der Waals surface area contributed by atoms with Crippen molar-refractivity contribution in [3.8, 4) is 0 Å².